The van der Waals surface area contributed by atoms with E-state index in [2.05, 4.69) is 10.3 Å². The second kappa shape index (κ2) is 3.82. The molecule has 1 aromatic rings. The van der Waals surface area contributed by atoms with Crippen molar-refractivity contribution in [2.45, 2.75) is 6.54 Å². The molecule has 0 atom stereocenters. The predicted octanol–water partition coefficient (Wildman–Crippen LogP) is 0.0851. The van der Waals surface area contributed by atoms with Crippen molar-refractivity contribution >= 4 is 5.84 Å². The Balaban J connectivity index is 2.78. The van der Waals surface area contributed by atoms with Gasteiger partial charge in [-0.25, -0.2) is 0 Å². The first-order chi connectivity index (χ1) is 5.74. The van der Waals surface area contributed by atoms with Gasteiger partial charge < -0.3 is 11.1 Å². The molecule has 0 aliphatic heterocycles. The van der Waals surface area contributed by atoms with Gasteiger partial charge in [0.1, 0.15) is 11.5 Å². The Kier molecular flexibility index (Phi) is 2.76. The van der Waals surface area contributed by atoms with E-state index in [9.17, 15) is 0 Å². The lowest BCUT2D eigenvalue weighted by atomic mass is 10.2. The zero-order chi connectivity index (χ0) is 8.97. The van der Waals surface area contributed by atoms with E-state index < -0.39 is 0 Å². The maximum atomic E-state index is 7.11. The van der Waals surface area contributed by atoms with Crippen LogP contribution in [0.3, 0.4) is 0 Å². The Hall–Kier alpha value is -1.42. The van der Waals surface area contributed by atoms with Gasteiger partial charge in [-0.2, -0.15) is 0 Å². The highest BCUT2D eigenvalue weighted by molar-refractivity contribution is 5.92. The lowest BCUT2D eigenvalue weighted by Crippen LogP contribution is -2.13. The van der Waals surface area contributed by atoms with Crippen molar-refractivity contribution in [2.24, 2.45) is 5.73 Å². The van der Waals surface area contributed by atoms with Gasteiger partial charge in [0.25, 0.3) is 0 Å². The Labute approximate surface area is 71.3 Å². The second-order valence-electron chi connectivity index (χ2n) is 2.50. The van der Waals surface area contributed by atoms with Crippen LogP contribution in [-0.4, -0.2) is 17.9 Å². The standard InChI is InChI=1S/C8H12N4/c1-11-4-6-2-3-7(8(9)10)12-5-6/h2-3,5,11H,4H2,1H3,(H3,9,10). The molecule has 4 heteroatoms. The number of nitrogen functional groups attached to an aromatic ring is 1. The van der Waals surface area contributed by atoms with Gasteiger partial charge in [0, 0.05) is 12.7 Å². The molecule has 1 rings (SSSR count). The Morgan fingerprint density at radius 1 is 1.67 bits per heavy atom. The summed E-state index contributed by atoms with van der Waals surface area (Å²) in [6.45, 7) is 0.783. The summed E-state index contributed by atoms with van der Waals surface area (Å²) in [7, 11) is 1.87. The molecule has 1 aromatic heterocycles. The van der Waals surface area contributed by atoms with Crippen molar-refractivity contribution in [1.29, 1.82) is 5.41 Å². The van der Waals surface area contributed by atoms with E-state index in [1.54, 1.807) is 12.3 Å². The highest BCUT2D eigenvalue weighted by Crippen LogP contribution is 1.98. The lowest BCUT2D eigenvalue weighted by Gasteiger charge is -2.00. The number of rotatable bonds is 3. The summed E-state index contributed by atoms with van der Waals surface area (Å²) in [6.07, 6.45) is 1.72. The average Bonchev–Trinajstić information content (AvgIpc) is 2.06. The van der Waals surface area contributed by atoms with Crippen molar-refractivity contribution in [3.63, 3.8) is 0 Å². The van der Waals surface area contributed by atoms with E-state index >= 15 is 0 Å². The van der Waals surface area contributed by atoms with Gasteiger partial charge in [-0.05, 0) is 18.7 Å². The SMILES string of the molecule is CNCc1ccc(C(=N)N)nc1. The second-order valence-corrected chi connectivity index (χ2v) is 2.50. The topological polar surface area (TPSA) is 74.8 Å². The van der Waals surface area contributed by atoms with Crippen molar-refractivity contribution in [2.75, 3.05) is 7.05 Å². The Bertz CT molecular complexity index is 265. The molecule has 0 bridgehead atoms. The molecule has 1 heterocycles. The molecular formula is C8H12N4. The molecule has 0 aliphatic carbocycles. The van der Waals surface area contributed by atoms with E-state index in [1.807, 2.05) is 13.1 Å². The van der Waals surface area contributed by atoms with Gasteiger partial charge in [-0.3, -0.25) is 10.4 Å². The lowest BCUT2D eigenvalue weighted by molar-refractivity contribution is 0.813. The molecule has 0 saturated carbocycles. The summed E-state index contributed by atoms with van der Waals surface area (Å²) in [5.74, 6) is 0.00556. The molecule has 0 aliphatic rings. The first kappa shape index (κ1) is 8.67. The molecule has 0 amide bonds. The fourth-order valence-corrected chi connectivity index (χ4v) is 0.893. The van der Waals surface area contributed by atoms with E-state index in [-0.39, 0.29) is 5.84 Å². The molecule has 64 valence electrons. The van der Waals surface area contributed by atoms with E-state index in [0.29, 0.717) is 5.69 Å². The number of nitrogens with one attached hydrogen (secondary N) is 2. The van der Waals surface area contributed by atoms with Gasteiger partial charge in [-0.1, -0.05) is 6.07 Å². The maximum Gasteiger partial charge on any atom is 0.141 e. The molecule has 0 saturated heterocycles. The number of nitrogens with two attached hydrogens (primary N) is 1. The number of amidine groups is 1. The van der Waals surface area contributed by atoms with Crippen LogP contribution in [0.25, 0.3) is 0 Å². The quantitative estimate of drug-likeness (QED) is 0.437. The van der Waals surface area contributed by atoms with Gasteiger partial charge in [-0.15, -0.1) is 0 Å². The fourth-order valence-electron chi connectivity index (χ4n) is 0.893. The monoisotopic (exact) mass is 164 g/mol. The minimum Gasteiger partial charge on any atom is -0.382 e. The average molecular weight is 164 g/mol. The van der Waals surface area contributed by atoms with Crippen molar-refractivity contribution in [3.8, 4) is 0 Å². The van der Waals surface area contributed by atoms with Crippen LogP contribution in [0.4, 0.5) is 0 Å². The third-order valence-electron chi connectivity index (χ3n) is 1.48. The van der Waals surface area contributed by atoms with Gasteiger partial charge >= 0.3 is 0 Å². The fraction of sp³-hybridized carbons (Fsp3) is 0.250. The number of aromatic nitrogens is 1. The van der Waals surface area contributed by atoms with Gasteiger partial charge in [0.05, 0.1) is 0 Å². The summed E-state index contributed by atoms with van der Waals surface area (Å²) in [6, 6.07) is 3.65. The summed E-state index contributed by atoms with van der Waals surface area (Å²) >= 11 is 0. The van der Waals surface area contributed by atoms with Crippen molar-refractivity contribution < 1.29 is 0 Å². The number of hydrogen-bond donors (Lipinski definition) is 3. The van der Waals surface area contributed by atoms with Crippen LogP contribution < -0.4 is 11.1 Å². The number of hydrogen-bond acceptors (Lipinski definition) is 3. The van der Waals surface area contributed by atoms with Crippen LogP contribution in [0.2, 0.25) is 0 Å². The van der Waals surface area contributed by atoms with Crippen LogP contribution in [0.1, 0.15) is 11.3 Å². The third kappa shape index (κ3) is 2.03. The highest BCUT2D eigenvalue weighted by Gasteiger charge is 1.96. The van der Waals surface area contributed by atoms with Crippen LogP contribution in [0.5, 0.6) is 0 Å². The Morgan fingerprint density at radius 2 is 2.42 bits per heavy atom. The number of pyridine rings is 1. The minimum absolute atomic E-state index is 0.00556. The van der Waals surface area contributed by atoms with Crippen LogP contribution >= 0.6 is 0 Å². The smallest absolute Gasteiger partial charge is 0.141 e. The summed E-state index contributed by atoms with van der Waals surface area (Å²) in [4.78, 5) is 4.01. The molecule has 0 spiro atoms. The molecule has 0 aromatic carbocycles. The molecule has 0 radical (unpaired) electrons. The third-order valence-corrected chi connectivity index (χ3v) is 1.48. The largest absolute Gasteiger partial charge is 0.382 e. The van der Waals surface area contributed by atoms with E-state index in [4.69, 9.17) is 11.1 Å². The Morgan fingerprint density at radius 3 is 2.83 bits per heavy atom. The molecule has 0 fully saturated rings. The molecular weight excluding hydrogens is 152 g/mol. The number of nitrogens with zero attached hydrogens (tertiary/aromatic N) is 1. The maximum absolute atomic E-state index is 7.11. The van der Waals surface area contributed by atoms with Crippen LogP contribution in [-0.2, 0) is 6.54 Å². The van der Waals surface area contributed by atoms with Gasteiger partial charge in [0.15, 0.2) is 0 Å². The first-order valence-electron chi connectivity index (χ1n) is 3.68. The van der Waals surface area contributed by atoms with Gasteiger partial charge in [0.2, 0.25) is 0 Å². The van der Waals surface area contributed by atoms with Crippen LogP contribution in [0.15, 0.2) is 18.3 Å². The normalized spacial score (nSPS) is 9.75. The molecule has 12 heavy (non-hydrogen) atoms. The summed E-state index contributed by atoms with van der Waals surface area (Å²) in [5.41, 5.74) is 6.85. The van der Waals surface area contributed by atoms with Crippen LogP contribution in [0, 0.1) is 5.41 Å². The first-order valence-corrected chi connectivity index (χ1v) is 3.68. The summed E-state index contributed by atoms with van der Waals surface area (Å²) < 4.78 is 0. The molecule has 4 N–H and O–H groups in total. The predicted molar refractivity (Wildman–Crippen MR) is 48.0 cm³/mol. The molecule has 0 unspecified atom stereocenters. The molecule has 4 nitrogen and oxygen atoms in total. The zero-order valence-electron chi connectivity index (χ0n) is 6.96. The highest BCUT2D eigenvalue weighted by atomic mass is 14.8. The van der Waals surface area contributed by atoms with Crippen molar-refractivity contribution in [1.82, 2.24) is 10.3 Å². The summed E-state index contributed by atoms with van der Waals surface area (Å²) in [5, 5.41) is 10.1. The zero-order valence-corrected chi connectivity index (χ0v) is 6.96. The minimum atomic E-state index is 0.00556. The van der Waals surface area contributed by atoms with E-state index in [0.717, 1.165) is 12.1 Å². The van der Waals surface area contributed by atoms with Crippen molar-refractivity contribution in [3.05, 3.63) is 29.6 Å². The van der Waals surface area contributed by atoms with E-state index in [1.165, 1.54) is 0 Å².